The molecule has 0 aliphatic heterocycles. The Hall–Kier alpha value is -0.740. The summed E-state index contributed by atoms with van der Waals surface area (Å²) >= 11 is 1.78. The fourth-order valence-corrected chi connectivity index (χ4v) is 2.84. The molecule has 0 radical (unpaired) electrons. The average Bonchev–Trinajstić information content (AvgIpc) is 2.37. The van der Waals surface area contributed by atoms with E-state index in [-0.39, 0.29) is 11.9 Å². The maximum atomic E-state index is 14.3. The summed E-state index contributed by atoms with van der Waals surface area (Å²) in [6.07, 6.45) is 2.07. The van der Waals surface area contributed by atoms with Crippen molar-refractivity contribution < 1.29 is 9.13 Å². The lowest BCUT2D eigenvalue weighted by atomic mass is 9.95. The Bertz CT molecular complexity index is 373. The molecule has 2 nitrogen and oxygen atoms in total. The van der Waals surface area contributed by atoms with Crippen LogP contribution in [-0.2, 0) is 0 Å². The van der Waals surface area contributed by atoms with Gasteiger partial charge < -0.3 is 10.1 Å². The fraction of sp³-hybridized carbons (Fsp3) is 0.571. The van der Waals surface area contributed by atoms with Crippen molar-refractivity contribution in [2.24, 2.45) is 5.92 Å². The quantitative estimate of drug-likeness (QED) is 0.820. The molecule has 2 unspecified atom stereocenters. The topological polar surface area (TPSA) is 21.3 Å². The van der Waals surface area contributed by atoms with Crippen molar-refractivity contribution in [2.45, 2.75) is 19.9 Å². The molecule has 1 N–H and O–H groups in total. The second kappa shape index (κ2) is 7.64. The van der Waals surface area contributed by atoms with Gasteiger partial charge in [0.05, 0.1) is 7.11 Å². The molecule has 1 rings (SSSR count). The van der Waals surface area contributed by atoms with Crippen molar-refractivity contribution in [3.63, 3.8) is 0 Å². The van der Waals surface area contributed by atoms with Gasteiger partial charge in [0.15, 0.2) is 11.6 Å². The van der Waals surface area contributed by atoms with Crippen molar-refractivity contribution in [1.29, 1.82) is 0 Å². The molecule has 1 aromatic carbocycles. The molecule has 0 aliphatic rings. The van der Waals surface area contributed by atoms with E-state index in [4.69, 9.17) is 4.74 Å². The molecule has 18 heavy (non-hydrogen) atoms. The molecule has 2 atom stereocenters. The summed E-state index contributed by atoms with van der Waals surface area (Å²) < 4.78 is 19.3. The molecule has 1 aromatic rings. The summed E-state index contributed by atoms with van der Waals surface area (Å²) in [4.78, 5) is 0. The molecule has 0 bridgehead atoms. The zero-order valence-corrected chi connectivity index (χ0v) is 12.3. The van der Waals surface area contributed by atoms with Crippen molar-refractivity contribution in [3.05, 3.63) is 29.6 Å². The highest BCUT2D eigenvalue weighted by Gasteiger charge is 2.22. The van der Waals surface area contributed by atoms with Crippen molar-refractivity contribution in [1.82, 2.24) is 5.32 Å². The average molecular weight is 271 g/mol. The number of hydrogen-bond acceptors (Lipinski definition) is 3. The van der Waals surface area contributed by atoms with Gasteiger partial charge in [-0.3, -0.25) is 0 Å². The molecule has 0 spiro atoms. The van der Waals surface area contributed by atoms with Crippen LogP contribution in [0.4, 0.5) is 4.39 Å². The number of thioether (sulfide) groups is 1. The van der Waals surface area contributed by atoms with Crippen LogP contribution in [-0.4, -0.2) is 25.7 Å². The predicted molar refractivity (Wildman–Crippen MR) is 76.9 cm³/mol. The number of methoxy groups -OCH3 is 1. The minimum atomic E-state index is -0.251. The monoisotopic (exact) mass is 271 g/mol. The Kier molecular flexibility index (Phi) is 6.50. The Morgan fingerprint density at radius 2 is 2.17 bits per heavy atom. The summed E-state index contributed by atoms with van der Waals surface area (Å²) in [6, 6.07) is 5.36. The Labute approximate surface area is 113 Å². The normalized spacial score (nSPS) is 14.3. The number of ether oxygens (including phenoxy) is 1. The number of rotatable bonds is 7. The SMILES string of the molecule is CCNC(c1cccc(OC)c1F)C(C)CSC. The zero-order chi connectivity index (χ0) is 13.5. The zero-order valence-electron chi connectivity index (χ0n) is 11.5. The Morgan fingerprint density at radius 3 is 2.72 bits per heavy atom. The third kappa shape index (κ3) is 3.62. The second-order valence-electron chi connectivity index (χ2n) is 4.33. The van der Waals surface area contributed by atoms with Gasteiger partial charge >= 0.3 is 0 Å². The van der Waals surface area contributed by atoms with Crippen LogP contribution in [0.25, 0.3) is 0 Å². The van der Waals surface area contributed by atoms with Gasteiger partial charge in [-0.15, -0.1) is 0 Å². The first-order valence-corrected chi connectivity index (χ1v) is 7.59. The summed E-state index contributed by atoms with van der Waals surface area (Å²) in [7, 11) is 1.50. The summed E-state index contributed by atoms with van der Waals surface area (Å²) in [5, 5.41) is 3.37. The molecule has 0 fully saturated rings. The van der Waals surface area contributed by atoms with Crippen molar-refractivity contribution >= 4 is 11.8 Å². The molecular formula is C14H22FNOS. The molecular weight excluding hydrogens is 249 g/mol. The van der Waals surface area contributed by atoms with E-state index >= 15 is 0 Å². The first-order valence-electron chi connectivity index (χ1n) is 6.20. The molecule has 0 amide bonds. The number of halogens is 1. The Balaban J connectivity index is 3.05. The van der Waals surface area contributed by atoms with Crippen LogP contribution < -0.4 is 10.1 Å². The molecule has 0 saturated carbocycles. The van der Waals surface area contributed by atoms with E-state index in [1.54, 1.807) is 17.8 Å². The third-order valence-electron chi connectivity index (χ3n) is 2.97. The smallest absolute Gasteiger partial charge is 0.169 e. The predicted octanol–water partition coefficient (Wildman–Crippen LogP) is 3.48. The lowest BCUT2D eigenvalue weighted by molar-refractivity contribution is 0.367. The minimum absolute atomic E-state index is 0.0255. The maximum Gasteiger partial charge on any atom is 0.169 e. The van der Waals surface area contributed by atoms with Gasteiger partial charge in [0.25, 0.3) is 0 Å². The van der Waals surface area contributed by atoms with Crippen LogP contribution in [0, 0.1) is 11.7 Å². The van der Waals surface area contributed by atoms with E-state index in [1.165, 1.54) is 7.11 Å². The van der Waals surface area contributed by atoms with E-state index in [2.05, 4.69) is 18.5 Å². The van der Waals surface area contributed by atoms with Gasteiger partial charge in [0.2, 0.25) is 0 Å². The van der Waals surface area contributed by atoms with Crippen LogP contribution in [0.1, 0.15) is 25.5 Å². The van der Waals surface area contributed by atoms with Gasteiger partial charge in [-0.2, -0.15) is 11.8 Å². The van der Waals surface area contributed by atoms with Gasteiger partial charge in [-0.25, -0.2) is 4.39 Å². The van der Waals surface area contributed by atoms with Crippen LogP contribution >= 0.6 is 11.8 Å². The summed E-state index contributed by atoms with van der Waals surface area (Å²) in [5.74, 6) is 1.42. The van der Waals surface area contributed by atoms with Gasteiger partial charge in [-0.05, 0) is 30.5 Å². The van der Waals surface area contributed by atoms with E-state index in [0.717, 1.165) is 12.3 Å². The summed E-state index contributed by atoms with van der Waals surface area (Å²) in [5.41, 5.74) is 0.692. The number of nitrogens with one attached hydrogen (secondary N) is 1. The summed E-state index contributed by atoms with van der Waals surface area (Å²) in [6.45, 7) is 5.00. The lowest BCUT2D eigenvalue weighted by Crippen LogP contribution is -2.29. The second-order valence-corrected chi connectivity index (χ2v) is 5.24. The van der Waals surface area contributed by atoms with Gasteiger partial charge in [0.1, 0.15) is 0 Å². The molecule has 0 aliphatic carbocycles. The Morgan fingerprint density at radius 1 is 1.44 bits per heavy atom. The van der Waals surface area contributed by atoms with Crippen LogP contribution in [0.5, 0.6) is 5.75 Å². The fourth-order valence-electron chi connectivity index (χ4n) is 2.12. The maximum absolute atomic E-state index is 14.3. The van der Waals surface area contributed by atoms with Gasteiger partial charge in [0, 0.05) is 11.6 Å². The standard InChI is InChI=1S/C14H22FNOS/c1-5-16-14(10(2)9-18-4)11-7-6-8-12(17-3)13(11)15/h6-8,10,14,16H,5,9H2,1-4H3. The first-order chi connectivity index (χ1) is 8.65. The van der Waals surface area contributed by atoms with Crippen LogP contribution in [0.2, 0.25) is 0 Å². The van der Waals surface area contributed by atoms with Crippen LogP contribution in [0.15, 0.2) is 18.2 Å². The highest BCUT2D eigenvalue weighted by Crippen LogP contribution is 2.30. The van der Waals surface area contributed by atoms with Crippen LogP contribution in [0.3, 0.4) is 0 Å². The number of hydrogen-bond donors (Lipinski definition) is 1. The van der Waals surface area contributed by atoms with E-state index in [1.807, 2.05) is 19.1 Å². The highest BCUT2D eigenvalue weighted by molar-refractivity contribution is 7.98. The molecule has 0 aromatic heterocycles. The molecule has 4 heteroatoms. The van der Waals surface area contributed by atoms with Crippen molar-refractivity contribution in [2.75, 3.05) is 25.7 Å². The van der Waals surface area contributed by atoms with E-state index in [9.17, 15) is 4.39 Å². The molecule has 0 saturated heterocycles. The van der Waals surface area contributed by atoms with E-state index in [0.29, 0.717) is 17.2 Å². The largest absolute Gasteiger partial charge is 0.494 e. The first kappa shape index (κ1) is 15.3. The molecule has 0 heterocycles. The van der Waals surface area contributed by atoms with E-state index < -0.39 is 0 Å². The van der Waals surface area contributed by atoms with Crippen molar-refractivity contribution in [3.8, 4) is 5.75 Å². The third-order valence-corrected chi connectivity index (χ3v) is 3.83. The number of benzene rings is 1. The van der Waals surface area contributed by atoms with Gasteiger partial charge in [-0.1, -0.05) is 26.0 Å². The minimum Gasteiger partial charge on any atom is -0.494 e. The highest BCUT2D eigenvalue weighted by atomic mass is 32.2. The molecule has 102 valence electrons. The lowest BCUT2D eigenvalue weighted by Gasteiger charge is -2.25.